The van der Waals surface area contributed by atoms with Crippen molar-refractivity contribution < 1.29 is 69.3 Å². The van der Waals surface area contributed by atoms with E-state index in [9.17, 15) is 45.6 Å². The van der Waals surface area contributed by atoms with Crippen molar-refractivity contribution in [2.75, 3.05) is 19.8 Å². The van der Waals surface area contributed by atoms with Crippen LogP contribution in [0.2, 0.25) is 0 Å². The van der Waals surface area contributed by atoms with Crippen LogP contribution < -0.4 is 0 Å². The first-order valence-electron chi connectivity index (χ1n) is 18.1. The molecule has 4 saturated carbocycles. The number of fused-ring (bicyclic) bond motifs is 5. The number of ether oxygens (including phenoxy) is 5. The molecule has 8 N–H and O–H groups in total. The van der Waals surface area contributed by atoms with Gasteiger partial charge < -0.3 is 64.5 Å². The highest BCUT2D eigenvalue weighted by Crippen LogP contribution is 2.70. The highest BCUT2D eigenvalue weighted by atomic mass is 16.8. The normalized spacial score (nSPS) is 54.4. The Morgan fingerprint density at radius 2 is 1.47 bits per heavy atom. The summed E-state index contributed by atoms with van der Waals surface area (Å²) in [4.78, 5) is 11.9. The van der Waals surface area contributed by atoms with Gasteiger partial charge in [-0.05, 0) is 92.4 Å². The van der Waals surface area contributed by atoms with Crippen molar-refractivity contribution in [2.45, 2.75) is 145 Å². The summed E-state index contributed by atoms with van der Waals surface area (Å²) in [6, 6.07) is 0. The molecule has 0 aromatic rings. The first-order chi connectivity index (χ1) is 23.3. The molecule has 3 heterocycles. The molecule has 49 heavy (non-hydrogen) atoms. The molecule has 0 aromatic heterocycles. The van der Waals surface area contributed by atoms with Crippen LogP contribution >= 0.6 is 0 Å². The lowest BCUT2D eigenvalue weighted by atomic mass is 9.43. The number of rotatable bonds is 7. The molecule has 7 rings (SSSR count). The minimum atomic E-state index is -1.74. The molecule has 0 spiro atoms. The van der Waals surface area contributed by atoms with E-state index in [1.54, 1.807) is 6.08 Å². The zero-order chi connectivity index (χ0) is 35.0. The molecule has 0 bridgehead atoms. The predicted octanol–water partition coefficient (Wildman–Crippen LogP) is -0.747. The van der Waals surface area contributed by atoms with Crippen LogP contribution in [0.5, 0.6) is 0 Å². The van der Waals surface area contributed by atoms with Gasteiger partial charge in [0.05, 0.1) is 24.9 Å². The molecule has 278 valence electrons. The van der Waals surface area contributed by atoms with E-state index in [1.165, 1.54) is 0 Å². The summed E-state index contributed by atoms with van der Waals surface area (Å²) in [5, 5.41) is 84.8. The van der Waals surface area contributed by atoms with Crippen LogP contribution in [-0.4, -0.2) is 140 Å². The number of esters is 1. The van der Waals surface area contributed by atoms with E-state index in [4.69, 9.17) is 23.7 Å². The molecular weight excluding hydrogens is 644 g/mol. The van der Waals surface area contributed by atoms with Gasteiger partial charge in [-0.15, -0.1) is 0 Å². The van der Waals surface area contributed by atoms with Crippen molar-refractivity contribution in [1.82, 2.24) is 0 Å². The van der Waals surface area contributed by atoms with Crippen LogP contribution in [0.4, 0.5) is 0 Å². The van der Waals surface area contributed by atoms with Gasteiger partial charge in [0.2, 0.25) is 0 Å². The molecule has 0 aromatic carbocycles. The second-order valence-corrected chi connectivity index (χ2v) is 16.3. The SMILES string of the molecule is C[C@]12CC[C@H](O[C@H]3O[C@@H](CO)[C@H](O)[C@@H](O)[C@H]3O[C@H]3O[C@H](CO)[C@@H](O)[C@H](O)[C@@H]3O)C[C@@H]1CC[C@@H]1[C@@H]2CC[C@]2(C)[C@@H](C3=CC(=O)OC3)CC[C@]12O. The van der Waals surface area contributed by atoms with Crippen molar-refractivity contribution in [3.8, 4) is 0 Å². The maximum atomic E-state index is 12.5. The van der Waals surface area contributed by atoms with E-state index >= 15 is 0 Å². The van der Waals surface area contributed by atoms with Gasteiger partial charge in [-0.2, -0.15) is 0 Å². The fourth-order valence-electron chi connectivity index (χ4n) is 11.3. The summed E-state index contributed by atoms with van der Waals surface area (Å²) in [5.74, 6) is 0.596. The third-order valence-electron chi connectivity index (χ3n) is 14.2. The molecule has 14 heteroatoms. The molecular formula is C35H54O14. The van der Waals surface area contributed by atoms with Crippen LogP contribution in [-0.2, 0) is 28.5 Å². The lowest BCUT2D eigenvalue weighted by molar-refractivity contribution is -0.373. The first-order valence-corrected chi connectivity index (χ1v) is 18.1. The number of hydrogen-bond donors (Lipinski definition) is 8. The minimum Gasteiger partial charge on any atom is -0.458 e. The van der Waals surface area contributed by atoms with Crippen molar-refractivity contribution >= 4 is 5.97 Å². The number of carbonyl (C=O) groups is 1. The second-order valence-electron chi connectivity index (χ2n) is 16.3. The summed E-state index contributed by atoms with van der Waals surface area (Å²) in [6.45, 7) is 3.61. The van der Waals surface area contributed by atoms with E-state index < -0.39 is 80.2 Å². The Morgan fingerprint density at radius 3 is 2.14 bits per heavy atom. The Kier molecular flexibility index (Phi) is 9.80. The van der Waals surface area contributed by atoms with Crippen LogP contribution in [0.3, 0.4) is 0 Å². The van der Waals surface area contributed by atoms with Crippen LogP contribution in [0.25, 0.3) is 0 Å². The van der Waals surface area contributed by atoms with Crippen LogP contribution in [0.15, 0.2) is 11.6 Å². The van der Waals surface area contributed by atoms with Gasteiger partial charge in [-0.25, -0.2) is 4.79 Å². The molecule has 18 atom stereocenters. The summed E-state index contributed by atoms with van der Waals surface area (Å²) in [5.41, 5.74) is -0.165. The minimum absolute atomic E-state index is 0.0351. The van der Waals surface area contributed by atoms with Crippen molar-refractivity contribution in [2.24, 2.45) is 34.5 Å². The third kappa shape index (κ3) is 5.73. The third-order valence-corrected chi connectivity index (χ3v) is 14.2. The fraction of sp³-hybridized carbons (Fsp3) is 0.914. The zero-order valence-electron chi connectivity index (χ0n) is 28.3. The highest BCUT2D eigenvalue weighted by Gasteiger charge is 2.68. The van der Waals surface area contributed by atoms with Crippen molar-refractivity contribution in [3.05, 3.63) is 11.6 Å². The molecule has 3 aliphatic heterocycles. The summed E-state index contributed by atoms with van der Waals surface area (Å²) < 4.78 is 29.0. The Hall–Kier alpha value is -1.27. The number of aliphatic hydroxyl groups is 8. The number of aliphatic hydroxyl groups excluding tert-OH is 7. The van der Waals surface area contributed by atoms with Gasteiger partial charge in [0.25, 0.3) is 0 Å². The number of carbonyl (C=O) groups excluding carboxylic acids is 1. The van der Waals surface area contributed by atoms with Gasteiger partial charge in [-0.3, -0.25) is 0 Å². The summed E-state index contributed by atoms with van der Waals surface area (Å²) in [6.07, 6.45) is -6.20. The zero-order valence-corrected chi connectivity index (χ0v) is 28.3. The van der Waals surface area contributed by atoms with Gasteiger partial charge in [0.15, 0.2) is 12.6 Å². The molecule has 0 amide bonds. The Balaban J connectivity index is 1.05. The summed E-state index contributed by atoms with van der Waals surface area (Å²) in [7, 11) is 0. The Labute approximate surface area is 285 Å². The number of hydrogen-bond acceptors (Lipinski definition) is 14. The van der Waals surface area contributed by atoms with E-state index in [2.05, 4.69) is 13.8 Å². The lowest BCUT2D eigenvalue weighted by Crippen LogP contribution is -2.65. The Bertz CT molecular complexity index is 1260. The van der Waals surface area contributed by atoms with E-state index in [-0.39, 0.29) is 34.7 Å². The average molecular weight is 699 g/mol. The van der Waals surface area contributed by atoms with Gasteiger partial charge in [-0.1, -0.05) is 13.8 Å². The molecule has 0 radical (unpaired) electrons. The van der Waals surface area contributed by atoms with Crippen LogP contribution in [0.1, 0.15) is 71.6 Å². The van der Waals surface area contributed by atoms with Crippen molar-refractivity contribution in [3.63, 3.8) is 0 Å². The molecule has 6 fully saturated rings. The average Bonchev–Trinajstić information content (AvgIpc) is 3.63. The molecule has 14 nitrogen and oxygen atoms in total. The molecule has 4 aliphatic carbocycles. The quantitative estimate of drug-likeness (QED) is 0.121. The summed E-state index contributed by atoms with van der Waals surface area (Å²) >= 11 is 0. The largest absolute Gasteiger partial charge is 0.458 e. The Morgan fingerprint density at radius 1 is 0.776 bits per heavy atom. The van der Waals surface area contributed by atoms with Gasteiger partial charge in [0.1, 0.15) is 55.4 Å². The molecule has 7 aliphatic rings. The van der Waals surface area contributed by atoms with E-state index in [0.717, 1.165) is 44.1 Å². The topological polar surface area (TPSA) is 225 Å². The lowest BCUT2D eigenvalue weighted by Gasteiger charge is -2.64. The van der Waals surface area contributed by atoms with E-state index in [0.29, 0.717) is 37.7 Å². The predicted molar refractivity (Wildman–Crippen MR) is 167 cm³/mol. The van der Waals surface area contributed by atoms with Crippen LogP contribution in [0, 0.1) is 34.5 Å². The maximum Gasteiger partial charge on any atom is 0.331 e. The maximum absolute atomic E-state index is 12.5. The van der Waals surface area contributed by atoms with Gasteiger partial charge >= 0.3 is 5.97 Å². The molecule has 2 saturated heterocycles. The smallest absolute Gasteiger partial charge is 0.331 e. The van der Waals surface area contributed by atoms with Gasteiger partial charge in [0, 0.05) is 11.5 Å². The fourth-order valence-corrected chi connectivity index (χ4v) is 11.3. The van der Waals surface area contributed by atoms with Crippen molar-refractivity contribution in [1.29, 1.82) is 0 Å². The first kappa shape index (κ1) is 36.1. The number of cyclic esters (lactones) is 1. The van der Waals surface area contributed by atoms with E-state index in [1.807, 2.05) is 0 Å². The highest BCUT2D eigenvalue weighted by molar-refractivity contribution is 5.85. The second kappa shape index (κ2) is 13.3. The standard InChI is InChI=1S/C35H54O14/c1-33-8-5-18(46-32-30(28(42)26(40)23(14-37)48-32)49-31-29(43)27(41)25(39)22(13-36)47-31)12-17(33)3-4-21-20(33)6-9-34(2)19(7-10-35(21,34)44)16-11-24(38)45-15-16/h11,17-23,25-32,36-37,39-44H,3-10,12-15H2,1-2H3/t17-,18-,19+,20-,21+,22+,23-,25+,26-,27-,28+,29-,30+,31+,32-,33-,34+,35-/m0/s1. The monoisotopic (exact) mass is 698 g/mol. The molecule has 0 unspecified atom stereocenters.